The molecule has 0 spiro atoms. The molecule has 0 radical (unpaired) electrons. The molecule has 2 nitrogen and oxygen atoms in total. The third-order valence-electron chi connectivity index (χ3n) is 4.40. The van der Waals surface area contributed by atoms with Gasteiger partial charge in [0, 0.05) is 18.9 Å². The van der Waals surface area contributed by atoms with Gasteiger partial charge in [-0.15, -0.1) is 0 Å². The van der Waals surface area contributed by atoms with Crippen molar-refractivity contribution in [2.24, 2.45) is 5.92 Å². The molecule has 0 saturated heterocycles. The highest BCUT2D eigenvalue weighted by Gasteiger charge is 2.37. The van der Waals surface area contributed by atoms with Gasteiger partial charge >= 0.3 is 0 Å². The second-order valence-corrected chi connectivity index (χ2v) is 5.73. The van der Waals surface area contributed by atoms with Crippen LogP contribution < -0.4 is 10.1 Å². The lowest BCUT2D eigenvalue weighted by atomic mass is 9.80. The van der Waals surface area contributed by atoms with Crippen molar-refractivity contribution < 1.29 is 17.9 Å². The van der Waals surface area contributed by atoms with Crippen molar-refractivity contribution in [1.29, 1.82) is 0 Å². The molecule has 118 valence electrons. The van der Waals surface area contributed by atoms with E-state index in [9.17, 15) is 13.2 Å². The second kappa shape index (κ2) is 6.69. The molecule has 1 unspecified atom stereocenters. The molecule has 0 aromatic heterocycles. The summed E-state index contributed by atoms with van der Waals surface area (Å²) in [7, 11) is 3.23. The van der Waals surface area contributed by atoms with Crippen molar-refractivity contribution >= 4 is 0 Å². The molecular weight excluding hydrogens is 279 g/mol. The summed E-state index contributed by atoms with van der Waals surface area (Å²) in [6.07, 6.45) is 1.29. The Balaban J connectivity index is 2.06. The quantitative estimate of drug-likeness (QED) is 0.893. The molecule has 1 aromatic carbocycles. The lowest BCUT2D eigenvalue weighted by Gasteiger charge is -2.33. The second-order valence-electron chi connectivity index (χ2n) is 5.73. The van der Waals surface area contributed by atoms with Crippen LogP contribution in [0.15, 0.2) is 18.2 Å². The fourth-order valence-corrected chi connectivity index (χ4v) is 3.08. The summed E-state index contributed by atoms with van der Waals surface area (Å²) < 4.78 is 45.6. The number of rotatable bonds is 5. The summed E-state index contributed by atoms with van der Waals surface area (Å²) in [6.45, 7) is 0. The monoisotopic (exact) mass is 301 g/mol. The summed E-state index contributed by atoms with van der Waals surface area (Å²) in [4.78, 5) is 0. The number of hydrogen-bond acceptors (Lipinski definition) is 2. The largest absolute Gasteiger partial charge is 0.494 e. The van der Waals surface area contributed by atoms with Gasteiger partial charge in [0.05, 0.1) is 7.11 Å². The van der Waals surface area contributed by atoms with Crippen molar-refractivity contribution in [2.45, 2.75) is 44.1 Å². The predicted octanol–water partition coefficient (Wildman–Crippen LogP) is 3.79. The van der Waals surface area contributed by atoms with Crippen molar-refractivity contribution in [3.8, 4) is 5.75 Å². The van der Waals surface area contributed by atoms with Crippen LogP contribution in [0.1, 0.15) is 31.2 Å². The molecule has 1 aliphatic carbocycles. The number of hydrogen-bond donors (Lipinski definition) is 1. The van der Waals surface area contributed by atoms with Crippen LogP contribution >= 0.6 is 0 Å². The van der Waals surface area contributed by atoms with E-state index in [1.807, 2.05) is 0 Å². The van der Waals surface area contributed by atoms with Crippen LogP contribution in [0.2, 0.25) is 0 Å². The third-order valence-corrected chi connectivity index (χ3v) is 4.40. The zero-order valence-electron chi connectivity index (χ0n) is 12.5. The number of ether oxygens (including phenoxy) is 1. The Morgan fingerprint density at radius 1 is 1.33 bits per heavy atom. The summed E-state index contributed by atoms with van der Waals surface area (Å²) in [5, 5.41) is 3.16. The summed E-state index contributed by atoms with van der Waals surface area (Å²) >= 11 is 0. The summed E-state index contributed by atoms with van der Waals surface area (Å²) in [5.41, 5.74) is 0.561. The van der Waals surface area contributed by atoms with Crippen molar-refractivity contribution in [3.05, 3.63) is 29.6 Å². The highest BCUT2D eigenvalue weighted by molar-refractivity contribution is 5.31. The molecule has 1 aromatic rings. The van der Waals surface area contributed by atoms with Gasteiger partial charge in [0.25, 0.3) is 0 Å². The molecule has 1 atom stereocenters. The molecule has 1 N–H and O–H groups in total. The van der Waals surface area contributed by atoms with Crippen molar-refractivity contribution in [1.82, 2.24) is 5.32 Å². The molecule has 1 fully saturated rings. The van der Waals surface area contributed by atoms with Gasteiger partial charge in [-0.25, -0.2) is 13.2 Å². The molecule has 1 aliphatic rings. The molecule has 0 heterocycles. The van der Waals surface area contributed by atoms with Crippen LogP contribution in [0, 0.1) is 11.7 Å². The first kappa shape index (κ1) is 16.1. The average Bonchev–Trinajstić information content (AvgIpc) is 2.47. The maximum atomic E-state index is 14.2. The van der Waals surface area contributed by atoms with E-state index in [0.29, 0.717) is 24.8 Å². The van der Waals surface area contributed by atoms with Crippen molar-refractivity contribution in [3.63, 3.8) is 0 Å². The molecule has 5 heteroatoms. The number of nitrogens with one attached hydrogen (secondary N) is 1. The normalized spacial score (nSPS) is 20.2. The van der Waals surface area contributed by atoms with Crippen LogP contribution in [0.3, 0.4) is 0 Å². The van der Waals surface area contributed by atoms with E-state index >= 15 is 0 Å². The standard InChI is InChI=1S/C16H22F3NO/c1-20-13(11-6-8-16(18,19)9-7-11)10-12-4-3-5-14(21-2)15(12)17/h3-5,11,13,20H,6-10H2,1-2H3. The molecule has 2 rings (SSSR count). The fourth-order valence-electron chi connectivity index (χ4n) is 3.08. The molecule has 21 heavy (non-hydrogen) atoms. The van der Waals surface area contributed by atoms with Crippen LogP contribution in [0.25, 0.3) is 0 Å². The lowest BCUT2D eigenvalue weighted by Crippen LogP contribution is -2.39. The van der Waals surface area contributed by atoms with Gasteiger partial charge < -0.3 is 10.1 Å². The van der Waals surface area contributed by atoms with Crippen LogP contribution in [0.4, 0.5) is 13.2 Å². The Morgan fingerprint density at radius 2 is 2.00 bits per heavy atom. The maximum absolute atomic E-state index is 14.2. The Morgan fingerprint density at radius 3 is 2.57 bits per heavy atom. The molecular formula is C16H22F3NO. The maximum Gasteiger partial charge on any atom is 0.248 e. The van der Waals surface area contributed by atoms with Gasteiger partial charge in [0.2, 0.25) is 5.92 Å². The minimum absolute atomic E-state index is 0.00251. The SMILES string of the molecule is CNC(Cc1cccc(OC)c1F)C1CCC(F)(F)CC1. The molecule has 0 bridgehead atoms. The van der Waals surface area contributed by atoms with E-state index in [0.717, 1.165) is 0 Å². The first-order valence-corrected chi connectivity index (χ1v) is 7.33. The average molecular weight is 301 g/mol. The topological polar surface area (TPSA) is 21.3 Å². The lowest BCUT2D eigenvalue weighted by molar-refractivity contribution is -0.0493. The zero-order valence-corrected chi connectivity index (χ0v) is 12.5. The van der Waals surface area contributed by atoms with Gasteiger partial charge in [-0.2, -0.15) is 0 Å². The van der Waals surface area contributed by atoms with Crippen molar-refractivity contribution in [2.75, 3.05) is 14.2 Å². The predicted molar refractivity (Wildman–Crippen MR) is 76.4 cm³/mol. The van der Waals surface area contributed by atoms with E-state index in [1.54, 1.807) is 25.2 Å². The van der Waals surface area contributed by atoms with Gasteiger partial charge in [0.1, 0.15) is 0 Å². The number of methoxy groups -OCH3 is 1. The third kappa shape index (κ3) is 3.90. The Labute approximate surface area is 123 Å². The van der Waals surface area contributed by atoms with E-state index in [4.69, 9.17) is 4.74 Å². The first-order valence-electron chi connectivity index (χ1n) is 7.33. The van der Waals surface area contributed by atoms with Crippen LogP contribution in [-0.2, 0) is 6.42 Å². The first-order chi connectivity index (χ1) is 9.96. The van der Waals surface area contributed by atoms with E-state index in [2.05, 4.69) is 5.32 Å². The number of benzene rings is 1. The van der Waals surface area contributed by atoms with Crippen LogP contribution in [-0.4, -0.2) is 26.1 Å². The number of alkyl halides is 2. The zero-order chi connectivity index (χ0) is 15.5. The highest BCUT2D eigenvalue weighted by Crippen LogP contribution is 2.38. The van der Waals surface area contributed by atoms with E-state index in [1.165, 1.54) is 7.11 Å². The Kier molecular flexibility index (Phi) is 5.14. The molecule has 0 aliphatic heterocycles. The molecule has 1 saturated carbocycles. The van der Waals surface area contributed by atoms with Gasteiger partial charge in [-0.3, -0.25) is 0 Å². The fraction of sp³-hybridized carbons (Fsp3) is 0.625. The smallest absolute Gasteiger partial charge is 0.248 e. The number of likely N-dealkylation sites (N-methyl/N-ethyl adjacent to an activating group) is 1. The summed E-state index contributed by atoms with van der Waals surface area (Å²) in [5.74, 6) is -2.52. The minimum atomic E-state index is -2.53. The van der Waals surface area contributed by atoms with E-state index in [-0.39, 0.29) is 36.4 Å². The minimum Gasteiger partial charge on any atom is -0.494 e. The van der Waals surface area contributed by atoms with Gasteiger partial charge in [0.15, 0.2) is 11.6 Å². The number of halogens is 3. The van der Waals surface area contributed by atoms with E-state index < -0.39 is 5.92 Å². The van der Waals surface area contributed by atoms with Crippen LogP contribution in [0.5, 0.6) is 5.75 Å². The Hall–Kier alpha value is -1.23. The Bertz CT molecular complexity index is 469. The van der Waals surface area contributed by atoms with Gasteiger partial charge in [-0.05, 0) is 43.9 Å². The van der Waals surface area contributed by atoms with Gasteiger partial charge in [-0.1, -0.05) is 12.1 Å². The highest BCUT2D eigenvalue weighted by atomic mass is 19.3. The summed E-state index contributed by atoms with van der Waals surface area (Å²) in [6, 6.07) is 5.05. The molecule has 0 amide bonds.